The molecule has 0 amide bonds. The second-order valence-electron chi connectivity index (χ2n) is 9.21. The summed E-state index contributed by atoms with van der Waals surface area (Å²) in [7, 11) is 1.73. The molecule has 2 N–H and O–H groups in total. The average Bonchev–Trinajstić information content (AvgIpc) is 3.32. The first-order chi connectivity index (χ1) is 13.9. The van der Waals surface area contributed by atoms with E-state index in [1.165, 1.54) is 28.6 Å². The van der Waals surface area contributed by atoms with Gasteiger partial charge in [-0.15, -0.1) is 0 Å². The third kappa shape index (κ3) is 4.05. The van der Waals surface area contributed by atoms with Gasteiger partial charge in [-0.25, -0.2) is 0 Å². The maximum Gasteiger partial charge on any atom is 0.126 e. The van der Waals surface area contributed by atoms with Crippen LogP contribution in [-0.2, 0) is 12.0 Å². The minimum atomic E-state index is 0.0886. The number of methoxy groups -OCH3 is 1. The number of aliphatic hydroxyl groups is 1. The number of ether oxygens (including phenoxy) is 1. The van der Waals surface area contributed by atoms with Gasteiger partial charge in [0.2, 0.25) is 0 Å². The van der Waals surface area contributed by atoms with Crippen molar-refractivity contribution in [1.29, 1.82) is 0 Å². The lowest BCUT2D eigenvalue weighted by Gasteiger charge is -2.21. The van der Waals surface area contributed by atoms with Crippen LogP contribution in [0.25, 0.3) is 22.0 Å². The predicted octanol–water partition coefficient (Wildman–Crippen LogP) is 5.10. The zero-order chi connectivity index (χ0) is 20.6. The molecular weight excluding hydrogens is 360 g/mol. The van der Waals surface area contributed by atoms with E-state index in [-0.39, 0.29) is 12.0 Å². The van der Waals surface area contributed by atoms with Crippen molar-refractivity contribution >= 4 is 10.9 Å². The molecule has 0 aliphatic carbocycles. The first kappa shape index (κ1) is 20.0. The third-order valence-electron chi connectivity index (χ3n) is 6.14. The highest BCUT2D eigenvalue weighted by molar-refractivity contribution is 5.87. The summed E-state index contributed by atoms with van der Waals surface area (Å²) in [6.07, 6.45) is 2.25. The minimum absolute atomic E-state index is 0.0886. The van der Waals surface area contributed by atoms with Crippen molar-refractivity contribution < 1.29 is 9.84 Å². The summed E-state index contributed by atoms with van der Waals surface area (Å²) < 4.78 is 5.66. The van der Waals surface area contributed by atoms with Crippen LogP contribution in [0.4, 0.5) is 0 Å². The minimum Gasteiger partial charge on any atom is -0.496 e. The van der Waals surface area contributed by atoms with Crippen LogP contribution in [0, 0.1) is 0 Å². The molecular formula is C25H32N2O2. The molecule has 4 nitrogen and oxygen atoms in total. The van der Waals surface area contributed by atoms with E-state index in [2.05, 4.69) is 73.1 Å². The van der Waals surface area contributed by atoms with Crippen LogP contribution in [0.1, 0.15) is 44.9 Å². The molecule has 0 bridgehead atoms. The molecule has 29 heavy (non-hydrogen) atoms. The zero-order valence-corrected chi connectivity index (χ0v) is 18.0. The molecule has 0 saturated carbocycles. The van der Waals surface area contributed by atoms with Crippen molar-refractivity contribution in [3.63, 3.8) is 0 Å². The normalized spacial score (nSPS) is 17.9. The van der Waals surface area contributed by atoms with Gasteiger partial charge in [-0.2, -0.15) is 0 Å². The summed E-state index contributed by atoms with van der Waals surface area (Å²) in [4.78, 5) is 5.93. The van der Waals surface area contributed by atoms with Gasteiger partial charge >= 0.3 is 0 Å². The lowest BCUT2D eigenvalue weighted by Crippen LogP contribution is -2.31. The Morgan fingerprint density at radius 3 is 2.69 bits per heavy atom. The number of rotatable bonds is 5. The first-order valence-electron chi connectivity index (χ1n) is 10.5. The molecule has 1 aromatic heterocycles. The molecule has 1 atom stereocenters. The van der Waals surface area contributed by atoms with Gasteiger partial charge in [0.05, 0.1) is 13.7 Å². The second kappa shape index (κ2) is 7.85. The Morgan fingerprint density at radius 2 is 1.97 bits per heavy atom. The fourth-order valence-corrected chi connectivity index (χ4v) is 4.37. The zero-order valence-electron chi connectivity index (χ0n) is 18.0. The number of nitrogens with zero attached hydrogens (tertiary/aromatic N) is 1. The van der Waals surface area contributed by atoms with Crippen LogP contribution in [0.15, 0.2) is 42.5 Å². The van der Waals surface area contributed by atoms with Gasteiger partial charge in [-0.1, -0.05) is 32.9 Å². The van der Waals surface area contributed by atoms with Gasteiger partial charge in [0.25, 0.3) is 0 Å². The highest BCUT2D eigenvalue weighted by atomic mass is 16.5. The van der Waals surface area contributed by atoms with Gasteiger partial charge < -0.3 is 14.8 Å². The number of likely N-dealkylation sites (tertiary alicyclic amines) is 1. The summed E-state index contributed by atoms with van der Waals surface area (Å²) in [5, 5.41) is 10.8. The molecule has 4 heteroatoms. The molecule has 3 aromatic rings. The fraction of sp³-hybridized carbons (Fsp3) is 0.440. The Kier molecular flexibility index (Phi) is 5.41. The Balaban J connectivity index is 1.67. The topological polar surface area (TPSA) is 48.5 Å². The predicted molar refractivity (Wildman–Crippen MR) is 120 cm³/mol. The molecule has 1 fully saturated rings. The summed E-state index contributed by atoms with van der Waals surface area (Å²) in [6, 6.07) is 15.6. The molecule has 0 spiro atoms. The van der Waals surface area contributed by atoms with Crippen LogP contribution in [0.5, 0.6) is 5.75 Å². The Labute approximate surface area is 173 Å². The first-order valence-corrected chi connectivity index (χ1v) is 10.5. The quantitative estimate of drug-likeness (QED) is 0.635. The Morgan fingerprint density at radius 1 is 1.14 bits per heavy atom. The maximum absolute atomic E-state index is 9.58. The van der Waals surface area contributed by atoms with Crippen molar-refractivity contribution in [2.45, 2.75) is 51.6 Å². The number of aliphatic hydroxyl groups excluding tert-OH is 1. The van der Waals surface area contributed by atoms with E-state index in [1.54, 1.807) is 7.11 Å². The number of aromatic amines is 1. The van der Waals surface area contributed by atoms with E-state index in [0.717, 1.165) is 36.3 Å². The van der Waals surface area contributed by atoms with E-state index in [9.17, 15) is 5.11 Å². The van der Waals surface area contributed by atoms with Crippen LogP contribution in [0.3, 0.4) is 0 Å². The van der Waals surface area contributed by atoms with Gasteiger partial charge in [0.1, 0.15) is 5.75 Å². The van der Waals surface area contributed by atoms with Gasteiger partial charge in [0.15, 0.2) is 0 Å². The largest absolute Gasteiger partial charge is 0.496 e. The standard InChI is InChI=1S/C25H32N2O2/c1-25(2,3)19-8-10-24(29-4)22(14-19)17-7-9-23-18(12-17)13-20(26-23)15-27-11-5-6-21(27)16-28/h7-10,12-14,21,26,28H,5-6,11,15-16H2,1-4H3/t21-/m1/s1. The lowest BCUT2D eigenvalue weighted by molar-refractivity contribution is 0.152. The monoisotopic (exact) mass is 392 g/mol. The van der Waals surface area contributed by atoms with E-state index >= 15 is 0 Å². The molecule has 2 aromatic carbocycles. The van der Waals surface area contributed by atoms with E-state index in [0.29, 0.717) is 6.04 Å². The molecule has 0 unspecified atom stereocenters. The molecule has 1 saturated heterocycles. The fourth-order valence-electron chi connectivity index (χ4n) is 4.37. The number of H-pyrrole nitrogens is 1. The Bertz CT molecular complexity index is 1000. The number of hydrogen-bond donors (Lipinski definition) is 2. The number of benzene rings is 2. The van der Waals surface area contributed by atoms with Crippen molar-refractivity contribution in [2.75, 3.05) is 20.3 Å². The molecule has 4 rings (SSSR count). The van der Waals surface area contributed by atoms with Crippen molar-refractivity contribution in [3.8, 4) is 16.9 Å². The lowest BCUT2D eigenvalue weighted by atomic mass is 9.85. The van der Waals surface area contributed by atoms with E-state index < -0.39 is 0 Å². The van der Waals surface area contributed by atoms with Crippen LogP contribution in [-0.4, -0.2) is 41.3 Å². The number of nitrogens with one attached hydrogen (secondary N) is 1. The van der Waals surface area contributed by atoms with Crippen molar-refractivity contribution in [1.82, 2.24) is 9.88 Å². The smallest absolute Gasteiger partial charge is 0.126 e. The van der Waals surface area contributed by atoms with Gasteiger partial charge in [-0.3, -0.25) is 4.90 Å². The van der Waals surface area contributed by atoms with Gasteiger partial charge in [0, 0.05) is 34.7 Å². The third-order valence-corrected chi connectivity index (χ3v) is 6.14. The van der Waals surface area contributed by atoms with Crippen LogP contribution in [0.2, 0.25) is 0 Å². The number of aromatic nitrogens is 1. The average molecular weight is 393 g/mol. The molecule has 1 aliphatic rings. The van der Waals surface area contributed by atoms with Gasteiger partial charge in [-0.05, 0) is 66.3 Å². The SMILES string of the molecule is COc1ccc(C(C)(C)C)cc1-c1ccc2[nH]c(CN3CCC[C@@H]3CO)cc2c1. The van der Waals surface area contributed by atoms with Crippen LogP contribution >= 0.6 is 0 Å². The summed E-state index contributed by atoms with van der Waals surface area (Å²) in [6.45, 7) is 8.86. The Hall–Kier alpha value is -2.30. The second-order valence-corrected chi connectivity index (χ2v) is 9.21. The number of fused-ring (bicyclic) bond motifs is 1. The molecule has 2 heterocycles. The van der Waals surface area contributed by atoms with Crippen molar-refractivity contribution in [3.05, 3.63) is 53.7 Å². The summed E-state index contributed by atoms with van der Waals surface area (Å²) >= 11 is 0. The molecule has 1 aliphatic heterocycles. The molecule has 154 valence electrons. The van der Waals surface area contributed by atoms with Crippen molar-refractivity contribution in [2.24, 2.45) is 0 Å². The van der Waals surface area contributed by atoms with E-state index in [1.807, 2.05) is 0 Å². The van der Waals surface area contributed by atoms with E-state index in [4.69, 9.17) is 4.74 Å². The highest BCUT2D eigenvalue weighted by Crippen LogP contribution is 2.36. The molecule has 0 radical (unpaired) electrons. The summed E-state index contributed by atoms with van der Waals surface area (Å²) in [5.74, 6) is 0.899. The van der Waals surface area contributed by atoms with Crippen LogP contribution < -0.4 is 4.74 Å². The summed E-state index contributed by atoms with van der Waals surface area (Å²) in [5.41, 5.74) is 6.03. The number of hydrogen-bond acceptors (Lipinski definition) is 3. The highest BCUT2D eigenvalue weighted by Gasteiger charge is 2.24. The maximum atomic E-state index is 9.58.